The van der Waals surface area contributed by atoms with E-state index < -0.39 is 5.97 Å². The average molecular weight is 251 g/mol. The first-order chi connectivity index (χ1) is 8.74. The molecule has 2 saturated carbocycles. The number of hydrogen-bond donors (Lipinski definition) is 1. The smallest absolute Gasteiger partial charge is 0.303 e. The predicted molar refractivity (Wildman–Crippen MR) is 70.5 cm³/mol. The molecule has 0 radical (unpaired) electrons. The van der Waals surface area contributed by atoms with Gasteiger partial charge in [0.05, 0.1) is 0 Å². The summed E-state index contributed by atoms with van der Waals surface area (Å²) >= 11 is 0. The Morgan fingerprint density at radius 2 is 1.83 bits per heavy atom. The van der Waals surface area contributed by atoms with Gasteiger partial charge in [0.25, 0.3) is 0 Å². The van der Waals surface area contributed by atoms with Crippen LogP contribution in [0.2, 0.25) is 0 Å². The number of piperidine rings is 2. The molecule has 3 heteroatoms. The molecule has 0 aromatic rings. The maximum Gasteiger partial charge on any atom is 0.303 e. The van der Waals surface area contributed by atoms with Crippen LogP contribution >= 0.6 is 0 Å². The van der Waals surface area contributed by atoms with Crippen LogP contribution in [0.4, 0.5) is 0 Å². The Morgan fingerprint density at radius 3 is 2.44 bits per heavy atom. The molecule has 3 nitrogen and oxygen atoms in total. The zero-order chi connectivity index (χ0) is 12.5. The van der Waals surface area contributed by atoms with Gasteiger partial charge in [0.2, 0.25) is 0 Å². The third kappa shape index (κ3) is 2.42. The van der Waals surface area contributed by atoms with E-state index in [1.54, 1.807) is 0 Å². The molecule has 2 bridgehead atoms. The van der Waals surface area contributed by atoms with Crippen molar-refractivity contribution >= 4 is 5.97 Å². The van der Waals surface area contributed by atoms with Crippen LogP contribution in [0.1, 0.15) is 57.8 Å². The van der Waals surface area contributed by atoms with Gasteiger partial charge in [0.1, 0.15) is 0 Å². The van der Waals surface area contributed by atoms with Crippen molar-refractivity contribution in [3.63, 3.8) is 0 Å². The van der Waals surface area contributed by atoms with Gasteiger partial charge in [0, 0.05) is 25.0 Å². The van der Waals surface area contributed by atoms with E-state index >= 15 is 0 Å². The summed E-state index contributed by atoms with van der Waals surface area (Å²) in [6.45, 7) is 1.19. The lowest BCUT2D eigenvalue weighted by molar-refractivity contribution is -0.140. The molecular weight excluding hydrogens is 226 g/mol. The highest BCUT2D eigenvalue weighted by molar-refractivity contribution is 5.67. The number of aliphatic carboxylic acids is 1. The van der Waals surface area contributed by atoms with E-state index in [0.717, 1.165) is 12.5 Å². The van der Waals surface area contributed by atoms with E-state index in [-0.39, 0.29) is 0 Å². The number of rotatable bonds is 3. The molecule has 2 saturated heterocycles. The molecule has 2 aliphatic heterocycles. The summed E-state index contributed by atoms with van der Waals surface area (Å²) in [6, 6.07) is 1.51. The third-order valence-corrected chi connectivity index (χ3v) is 5.51. The number of nitrogens with zero attached hydrogens (tertiary/aromatic N) is 1. The van der Waals surface area contributed by atoms with Gasteiger partial charge in [-0.15, -0.1) is 0 Å². The van der Waals surface area contributed by atoms with Gasteiger partial charge >= 0.3 is 5.97 Å². The van der Waals surface area contributed by atoms with Crippen LogP contribution in [0.25, 0.3) is 0 Å². The molecule has 4 aliphatic rings. The number of hydrogen-bond acceptors (Lipinski definition) is 2. The monoisotopic (exact) mass is 251 g/mol. The maximum atomic E-state index is 10.9. The highest BCUT2D eigenvalue weighted by atomic mass is 16.4. The Morgan fingerprint density at radius 1 is 1.06 bits per heavy atom. The largest absolute Gasteiger partial charge is 0.481 e. The molecule has 4 fully saturated rings. The maximum absolute atomic E-state index is 10.9. The molecule has 2 aliphatic carbocycles. The van der Waals surface area contributed by atoms with Crippen molar-refractivity contribution in [3.8, 4) is 0 Å². The minimum absolute atomic E-state index is 0.402. The zero-order valence-electron chi connectivity index (χ0n) is 11.2. The number of fused-ring (bicyclic) bond motifs is 3. The van der Waals surface area contributed by atoms with Crippen molar-refractivity contribution in [2.45, 2.75) is 69.9 Å². The van der Waals surface area contributed by atoms with Gasteiger partial charge in [-0.25, -0.2) is 0 Å². The van der Waals surface area contributed by atoms with Crippen LogP contribution in [-0.2, 0) is 4.79 Å². The molecule has 0 aromatic carbocycles. The minimum Gasteiger partial charge on any atom is -0.481 e. The van der Waals surface area contributed by atoms with Crippen molar-refractivity contribution in [1.29, 1.82) is 0 Å². The van der Waals surface area contributed by atoms with Crippen LogP contribution in [0.15, 0.2) is 0 Å². The topological polar surface area (TPSA) is 40.5 Å². The summed E-state index contributed by atoms with van der Waals surface area (Å²) in [7, 11) is 0. The van der Waals surface area contributed by atoms with Gasteiger partial charge in [-0.2, -0.15) is 0 Å². The zero-order valence-corrected chi connectivity index (χ0v) is 11.2. The van der Waals surface area contributed by atoms with Gasteiger partial charge in [-0.3, -0.25) is 9.69 Å². The average Bonchev–Trinajstić information content (AvgIpc) is 2.40. The highest BCUT2D eigenvalue weighted by Gasteiger charge is 2.43. The summed E-state index contributed by atoms with van der Waals surface area (Å²) in [5.41, 5.74) is 0. The first-order valence-electron chi connectivity index (χ1n) is 7.71. The molecule has 0 aromatic heterocycles. The van der Waals surface area contributed by atoms with Crippen LogP contribution in [0.3, 0.4) is 0 Å². The molecule has 102 valence electrons. The quantitative estimate of drug-likeness (QED) is 0.838. The number of carbonyl (C=O) groups is 1. The van der Waals surface area contributed by atoms with Crippen LogP contribution in [0.5, 0.6) is 0 Å². The van der Waals surface area contributed by atoms with Crippen molar-refractivity contribution in [1.82, 2.24) is 4.90 Å². The molecule has 0 spiro atoms. The van der Waals surface area contributed by atoms with Gasteiger partial charge in [-0.1, -0.05) is 19.3 Å². The molecule has 18 heavy (non-hydrogen) atoms. The molecule has 3 atom stereocenters. The summed E-state index contributed by atoms with van der Waals surface area (Å²) in [6.07, 6.45) is 11.1. The second-order valence-electron chi connectivity index (χ2n) is 6.57. The normalized spacial score (nSPS) is 37.9. The fraction of sp³-hybridized carbons (Fsp3) is 0.933. The van der Waals surface area contributed by atoms with Crippen LogP contribution < -0.4 is 0 Å². The van der Waals surface area contributed by atoms with Crippen molar-refractivity contribution < 1.29 is 9.90 Å². The van der Waals surface area contributed by atoms with E-state index in [9.17, 15) is 4.79 Å². The van der Waals surface area contributed by atoms with Gasteiger partial charge < -0.3 is 5.11 Å². The van der Waals surface area contributed by atoms with Crippen molar-refractivity contribution in [2.75, 3.05) is 6.54 Å². The first-order valence-corrected chi connectivity index (χ1v) is 7.71. The lowest BCUT2D eigenvalue weighted by atomic mass is 9.69. The summed E-state index contributed by atoms with van der Waals surface area (Å²) in [5.74, 6) is 0.519. The Bertz CT molecular complexity index is 312. The summed E-state index contributed by atoms with van der Waals surface area (Å²) in [5, 5.41) is 8.99. The minimum atomic E-state index is -0.600. The lowest BCUT2D eigenvalue weighted by Gasteiger charge is -2.53. The molecule has 2 heterocycles. The first kappa shape index (κ1) is 12.5. The molecule has 4 rings (SSSR count). The second kappa shape index (κ2) is 5.20. The second-order valence-corrected chi connectivity index (χ2v) is 6.57. The highest BCUT2D eigenvalue weighted by Crippen LogP contribution is 2.43. The lowest BCUT2D eigenvalue weighted by Crippen LogP contribution is -2.56. The van der Waals surface area contributed by atoms with E-state index in [1.807, 2.05) is 0 Å². The van der Waals surface area contributed by atoms with Gasteiger partial charge in [0.15, 0.2) is 0 Å². The summed E-state index contributed by atoms with van der Waals surface area (Å²) < 4.78 is 0. The van der Waals surface area contributed by atoms with Crippen molar-refractivity contribution in [3.05, 3.63) is 0 Å². The van der Waals surface area contributed by atoms with Crippen molar-refractivity contribution in [2.24, 2.45) is 11.8 Å². The van der Waals surface area contributed by atoms with Gasteiger partial charge in [-0.05, 0) is 43.9 Å². The standard InChI is InChI=1S/C15H25NO2/c17-15(18)9-12-8-14-7-6-11(12)10-16(14)13-4-2-1-3-5-13/h11-14H,1-10H2,(H,17,18). The molecular formula is C15H25NO2. The molecule has 1 N–H and O–H groups in total. The number of carboxylic acids is 1. The fourth-order valence-electron chi connectivity index (χ4n) is 4.60. The Kier molecular flexibility index (Phi) is 3.60. The van der Waals surface area contributed by atoms with Crippen LogP contribution in [0, 0.1) is 11.8 Å². The van der Waals surface area contributed by atoms with E-state index in [1.165, 1.54) is 51.5 Å². The summed E-state index contributed by atoms with van der Waals surface area (Å²) in [4.78, 5) is 13.7. The van der Waals surface area contributed by atoms with E-state index in [4.69, 9.17) is 5.11 Å². The third-order valence-electron chi connectivity index (χ3n) is 5.51. The van der Waals surface area contributed by atoms with Crippen LogP contribution in [-0.4, -0.2) is 34.6 Å². The predicted octanol–water partition coefficient (Wildman–Crippen LogP) is 2.89. The van der Waals surface area contributed by atoms with E-state index in [0.29, 0.717) is 24.3 Å². The SMILES string of the molecule is O=C(O)CC1CC2CCC1CN2C1CCCCC1. The Labute approximate surface area is 110 Å². The fourth-order valence-corrected chi connectivity index (χ4v) is 4.60. The molecule has 0 amide bonds. The Hall–Kier alpha value is -0.570. The Balaban J connectivity index is 1.62. The molecule has 3 unspecified atom stereocenters. The number of carboxylic acid groups (broad SMARTS) is 1. The van der Waals surface area contributed by atoms with E-state index in [2.05, 4.69) is 4.90 Å².